The lowest BCUT2D eigenvalue weighted by Gasteiger charge is -2.15. The Hall–Kier alpha value is -0.280. The maximum absolute atomic E-state index is 11.6. The first-order chi connectivity index (χ1) is 5.71. The maximum atomic E-state index is 11.6. The molecule has 0 spiro atoms. The fraction of sp³-hybridized carbons (Fsp3) is 0.500. The third-order valence-corrected chi connectivity index (χ3v) is 5.35. The zero-order valence-corrected chi connectivity index (χ0v) is 10.2. The molecule has 1 unspecified atom stereocenters. The van der Waals surface area contributed by atoms with E-state index in [0.29, 0.717) is 0 Å². The number of hydrogen-bond acceptors (Lipinski definition) is 2. The Labute approximate surface area is 84.8 Å². The smallest absolute Gasteiger partial charge is 0.0827 e. The Morgan fingerprint density at radius 2 is 1.92 bits per heavy atom. The van der Waals surface area contributed by atoms with E-state index in [-0.39, 0.29) is 5.41 Å². The lowest BCUT2D eigenvalue weighted by molar-refractivity contribution is 0.604. The molecule has 0 aliphatic carbocycles. The van der Waals surface area contributed by atoms with Crippen LogP contribution in [0.4, 0.5) is 0 Å². The molecule has 0 saturated heterocycles. The van der Waals surface area contributed by atoms with Gasteiger partial charge in [-0.1, -0.05) is 20.8 Å². The molecule has 1 nitrogen and oxygen atoms in total. The molecule has 0 aliphatic heterocycles. The van der Waals surface area contributed by atoms with Gasteiger partial charge in [0, 0.05) is 20.7 Å². The summed E-state index contributed by atoms with van der Waals surface area (Å²) in [7, 11) is -2.02. The molecule has 1 aromatic rings. The Kier molecular flexibility index (Phi) is 2.61. The van der Waals surface area contributed by atoms with E-state index in [2.05, 4.69) is 26.6 Å². The number of thiophene rings is 1. The summed E-state index contributed by atoms with van der Waals surface area (Å²) in [5, 5.41) is 0. The SMILES string of the molecule is C=S(C)(=O)c1ccc(C(C)(C)C)s1. The van der Waals surface area contributed by atoms with Crippen LogP contribution in [0.2, 0.25) is 0 Å². The average Bonchev–Trinajstić information content (AvgIpc) is 2.28. The Morgan fingerprint density at radius 1 is 1.38 bits per heavy atom. The van der Waals surface area contributed by atoms with E-state index in [1.807, 2.05) is 12.1 Å². The number of rotatable bonds is 1. The van der Waals surface area contributed by atoms with Gasteiger partial charge in [0.05, 0.1) is 4.21 Å². The Morgan fingerprint density at radius 3 is 2.15 bits per heavy atom. The molecule has 74 valence electrons. The Balaban J connectivity index is 3.16. The van der Waals surface area contributed by atoms with Crippen LogP contribution in [0.25, 0.3) is 0 Å². The topological polar surface area (TPSA) is 17.1 Å². The summed E-state index contributed by atoms with van der Waals surface area (Å²) in [5.41, 5.74) is 0.146. The van der Waals surface area contributed by atoms with Gasteiger partial charge in [0.25, 0.3) is 0 Å². The summed E-state index contributed by atoms with van der Waals surface area (Å²) in [6, 6.07) is 3.98. The molecule has 0 N–H and O–H groups in total. The van der Waals surface area contributed by atoms with Crippen molar-refractivity contribution in [2.45, 2.75) is 30.4 Å². The van der Waals surface area contributed by atoms with Gasteiger partial charge in [-0.3, -0.25) is 4.21 Å². The lowest BCUT2D eigenvalue weighted by Crippen LogP contribution is -2.07. The largest absolute Gasteiger partial charge is 0.263 e. The Bertz CT molecular complexity index is 391. The molecular weight excluding hydrogens is 200 g/mol. The van der Waals surface area contributed by atoms with Gasteiger partial charge < -0.3 is 0 Å². The van der Waals surface area contributed by atoms with Crippen LogP contribution < -0.4 is 0 Å². The molecule has 0 bridgehead atoms. The van der Waals surface area contributed by atoms with Crippen molar-refractivity contribution in [3.8, 4) is 0 Å². The van der Waals surface area contributed by atoms with Crippen molar-refractivity contribution in [1.29, 1.82) is 0 Å². The van der Waals surface area contributed by atoms with Crippen LogP contribution in [0.5, 0.6) is 0 Å². The van der Waals surface area contributed by atoms with Crippen molar-refractivity contribution >= 4 is 26.7 Å². The molecule has 13 heavy (non-hydrogen) atoms. The normalized spacial score (nSPS) is 16.9. The summed E-state index contributed by atoms with van der Waals surface area (Å²) in [4.78, 5) is 1.26. The highest BCUT2D eigenvalue weighted by atomic mass is 32.2. The average molecular weight is 216 g/mol. The van der Waals surface area contributed by atoms with Crippen LogP contribution in [0.1, 0.15) is 25.6 Å². The van der Waals surface area contributed by atoms with Crippen molar-refractivity contribution in [3.05, 3.63) is 17.0 Å². The second-order valence-electron chi connectivity index (χ2n) is 4.37. The van der Waals surface area contributed by atoms with Gasteiger partial charge >= 0.3 is 0 Å². The second kappa shape index (κ2) is 3.14. The van der Waals surface area contributed by atoms with Crippen LogP contribution in [-0.4, -0.2) is 16.3 Å². The minimum absolute atomic E-state index is 0.146. The van der Waals surface area contributed by atoms with Crippen molar-refractivity contribution in [2.75, 3.05) is 6.26 Å². The molecule has 0 aliphatic rings. The van der Waals surface area contributed by atoms with Gasteiger partial charge in [0.15, 0.2) is 0 Å². The fourth-order valence-electron chi connectivity index (χ4n) is 0.955. The van der Waals surface area contributed by atoms with E-state index >= 15 is 0 Å². The molecule has 1 rings (SSSR count). The van der Waals surface area contributed by atoms with Gasteiger partial charge in [-0.2, -0.15) is 0 Å². The quantitative estimate of drug-likeness (QED) is 0.660. The van der Waals surface area contributed by atoms with Crippen molar-refractivity contribution in [1.82, 2.24) is 0 Å². The van der Waals surface area contributed by atoms with Gasteiger partial charge in [0.1, 0.15) is 0 Å². The zero-order chi connectivity index (χ0) is 10.3. The summed E-state index contributed by atoms with van der Waals surface area (Å²) in [6.45, 7) is 6.47. The minimum Gasteiger partial charge on any atom is -0.263 e. The first-order valence-electron chi connectivity index (χ1n) is 4.14. The zero-order valence-electron chi connectivity index (χ0n) is 8.59. The summed E-state index contributed by atoms with van der Waals surface area (Å²) in [6.07, 6.45) is 1.69. The molecule has 0 radical (unpaired) electrons. The van der Waals surface area contributed by atoms with Crippen LogP contribution in [0.15, 0.2) is 16.3 Å². The first kappa shape index (κ1) is 10.8. The van der Waals surface area contributed by atoms with E-state index < -0.39 is 9.52 Å². The minimum atomic E-state index is -2.02. The monoisotopic (exact) mass is 216 g/mol. The molecule has 0 aromatic carbocycles. The third-order valence-electron chi connectivity index (χ3n) is 1.75. The molecular formula is C10H16OS2. The van der Waals surface area contributed by atoms with Crippen LogP contribution in [-0.2, 0) is 14.9 Å². The molecule has 1 atom stereocenters. The predicted octanol–water partition coefficient (Wildman–Crippen LogP) is 2.75. The maximum Gasteiger partial charge on any atom is 0.0827 e. The number of hydrogen-bond donors (Lipinski definition) is 0. The summed E-state index contributed by atoms with van der Waals surface area (Å²) < 4.78 is 12.5. The van der Waals surface area contributed by atoms with Crippen LogP contribution in [0.3, 0.4) is 0 Å². The van der Waals surface area contributed by atoms with Crippen LogP contribution >= 0.6 is 11.3 Å². The van der Waals surface area contributed by atoms with Crippen molar-refractivity contribution in [3.63, 3.8) is 0 Å². The molecule has 0 amide bonds. The van der Waals surface area contributed by atoms with Gasteiger partial charge in [0.2, 0.25) is 0 Å². The van der Waals surface area contributed by atoms with E-state index in [1.54, 1.807) is 17.6 Å². The fourth-order valence-corrected chi connectivity index (χ4v) is 3.08. The molecule has 1 aromatic heterocycles. The van der Waals surface area contributed by atoms with Crippen LogP contribution in [0, 0.1) is 0 Å². The molecule has 0 saturated carbocycles. The summed E-state index contributed by atoms with van der Waals surface area (Å²) in [5.74, 6) is 3.67. The van der Waals surface area contributed by atoms with Crippen molar-refractivity contribution < 1.29 is 4.21 Å². The molecule has 0 fully saturated rings. The van der Waals surface area contributed by atoms with E-state index in [1.165, 1.54) is 4.88 Å². The first-order valence-corrected chi connectivity index (χ1v) is 7.09. The standard InChI is InChI=1S/C10H16OS2/c1-10(2,3)8-6-7-9(12-8)13(4,5)11/h6-7H,4H2,1-3,5H3. The highest BCUT2D eigenvalue weighted by molar-refractivity contribution is 8.01. The van der Waals surface area contributed by atoms with Crippen molar-refractivity contribution in [2.24, 2.45) is 0 Å². The van der Waals surface area contributed by atoms with E-state index in [4.69, 9.17) is 0 Å². The third kappa shape index (κ3) is 2.58. The summed E-state index contributed by atoms with van der Waals surface area (Å²) >= 11 is 1.61. The predicted molar refractivity (Wildman–Crippen MR) is 62.5 cm³/mol. The lowest BCUT2D eigenvalue weighted by atomic mass is 9.95. The highest BCUT2D eigenvalue weighted by Gasteiger charge is 2.17. The molecule has 3 heteroatoms. The van der Waals surface area contributed by atoms with Gasteiger partial charge in [-0.25, -0.2) is 0 Å². The second-order valence-corrected chi connectivity index (χ2v) is 8.17. The van der Waals surface area contributed by atoms with Gasteiger partial charge in [-0.15, -0.1) is 11.3 Å². The van der Waals surface area contributed by atoms with E-state index in [9.17, 15) is 4.21 Å². The molecule has 1 heterocycles. The van der Waals surface area contributed by atoms with Gasteiger partial charge in [-0.05, 0) is 23.4 Å². The highest BCUT2D eigenvalue weighted by Crippen LogP contribution is 2.31. The van der Waals surface area contributed by atoms with E-state index in [0.717, 1.165) is 4.21 Å².